The number of hydrogen-bond donors (Lipinski definition) is 1. The second-order valence-corrected chi connectivity index (χ2v) is 7.02. The largest absolute Gasteiger partial charge is 0.283 e. The first-order valence-electron chi connectivity index (χ1n) is 5.52. The Morgan fingerprint density at radius 3 is 2.38 bits per heavy atom. The second kappa shape index (κ2) is 6.02. The van der Waals surface area contributed by atoms with Crippen LogP contribution in [0, 0.1) is 10.1 Å². The Hall–Kier alpha value is -1.61. The van der Waals surface area contributed by atoms with Crippen molar-refractivity contribution >= 4 is 39.1 Å². The van der Waals surface area contributed by atoms with Crippen molar-refractivity contribution in [2.24, 2.45) is 5.14 Å². The highest BCUT2D eigenvalue weighted by Crippen LogP contribution is 2.38. The highest BCUT2D eigenvalue weighted by atomic mass is 35.5. The van der Waals surface area contributed by atoms with Crippen LogP contribution in [0.5, 0.6) is 0 Å². The van der Waals surface area contributed by atoms with Gasteiger partial charge in [-0.05, 0) is 24.3 Å². The van der Waals surface area contributed by atoms with Crippen molar-refractivity contribution in [3.05, 3.63) is 57.6 Å². The average Bonchev–Trinajstić information content (AvgIpc) is 2.40. The summed E-state index contributed by atoms with van der Waals surface area (Å²) in [5.74, 6) is 0. The predicted molar refractivity (Wildman–Crippen MR) is 80.0 cm³/mol. The van der Waals surface area contributed by atoms with Crippen LogP contribution in [0.15, 0.2) is 57.2 Å². The minimum Gasteiger partial charge on any atom is -0.258 e. The van der Waals surface area contributed by atoms with Crippen LogP contribution in [-0.2, 0) is 10.0 Å². The maximum absolute atomic E-state index is 11.4. The first-order valence-corrected chi connectivity index (χ1v) is 8.27. The van der Waals surface area contributed by atoms with Gasteiger partial charge in [0.2, 0.25) is 10.0 Å². The van der Waals surface area contributed by atoms with Gasteiger partial charge in [0.25, 0.3) is 5.69 Å². The number of rotatable bonds is 4. The van der Waals surface area contributed by atoms with Gasteiger partial charge in [0.15, 0.2) is 0 Å². The topological polar surface area (TPSA) is 103 Å². The average molecular weight is 345 g/mol. The fourth-order valence-electron chi connectivity index (χ4n) is 1.55. The lowest BCUT2D eigenvalue weighted by Gasteiger charge is -2.06. The van der Waals surface area contributed by atoms with Crippen LogP contribution >= 0.6 is 23.4 Å². The monoisotopic (exact) mass is 344 g/mol. The zero-order valence-electron chi connectivity index (χ0n) is 10.4. The summed E-state index contributed by atoms with van der Waals surface area (Å²) in [6.07, 6.45) is 0. The van der Waals surface area contributed by atoms with E-state index in [0.717, 1.165) is 23.9 Å². The Labute approximate surface area is 130 Å². The molecule has 21 heavy (non-hydrogen) atoms. The molecule has 0 aliphatic rings. The number of nitrogens with zero attached hydrogens (tertiary/aromatic N) is 1. The zero-order valence-corrected chi connectivity index (χ0v) is 12.8. The van der Waals surface area contributed by atoms with Gasteiger partial charge >= 0.3 is 0 Å². The number of benzene rings is 2. The van der Waals surface area contributed by atoms with E-state index in [1.807, 2.05) is 0 Å². The van der Waals surface area contributed by atoms with E-state index in [4.69, 9.17) is 16.7 Å². The molecule has 9 heteroatoms. The number of halogens is 1. The standard InChI is InChI=1S/C12H9ClN2O4S2/c13-9-3-1-2-4-11(9)20-12-7-8(21(14,18)19)5-6-10(12)15(16)17/h1-7H,(H2,14,18,19). The number of nitro groups is 1. The highest BCUT2D eigenvalue weighted by molar-refractivity contribution is 7.99. The van der Waals surface area contributed by atoms with Crippen LogP contribution < -0.4 is 5.14 Å². The Balaban J connectivity index is 2.54. The molecule has 0 spiro atoms. The van der Waals surface area contributed by atoms with Crippen LogP contribution in [0.1, 0.15) is 0 Å². The van der Waals surface area contributed by atoms with Crippen LogP contribution in [0.2, 0.25) is 5.02 Å². The maximum atomic E-state index is 11.4. The summed E-state index contributed by atoms with van der Waals surface area (Å²) in [6, 6.07) is 10.1. The molecule has 0 saturated carbocycles. The van der Waals surface area contributed by atoms with Gasteiger partial charge in [0.1, 0.15) is 0 Å². The van der Waals surface area contributed by atoms with Crippen molar-refractivity contribution in [2.45, 2.75) is 14.7 Å². The second-order valence-electron chi connectivity index (χ2n) is 3.96. The quantitative estimate of drug-likeness (QED) is 0.678. The lowest BCUT2D eigenvalue weighted by molar-refractivity contribution is -0.387. The van der Waals surface area contributed by atoms with E-state index in [2.05, 4.69) is 0 Å². The van der Waals surface area contributed by atoms with E-state index in [-0.39, 0.29) is 15.5 Å². The maximum Gasteiger partial charge on any atom is 0.283 e. The van der Waals surface area contributed by atoms with Gasteiger partial charge < -0.3 is 0 Å². The lowest BCUT2D eigenvalue weighted by Crippen LogP contribution is -2.12. The number of sulfonamides is 1. The summed E-state index contributed by atoms with van der Waals surface area (Å²) < 4.78 is 22.7. The fourth-order valence-corrected chi connectivity index (χ4v) is 3.40. The molecular formula is C12H9ClN2O4S2. The van der Waals surface area contributed by atoms with E-state index in [1.54, 1.807) is 24.3 Å². The first-order chi connectivity index (χ1) is 9.79. The van der Waals surface area contributed by atoms with Crippen molar-refractivity contribution < 1.29 is 13.3 Å². The third-order valence-corrected chi connectivity index (χ3v) is 4.99. The van der Waals surface area contributed by atoms with Crippen LogP contribution in [0.4, 0.5) is 5.69 Å². The summed E-state index contributed by atoms with van der Waals surface area (Å²) in [5.41, 5.74) is -0.215. The number of nitro benzene ring substituents is 1. The molecule has 0 heterocycles. The zero-order chi connectivity index (χ0) is 15.6. The number of hydrogen-bond acceptors (Lipinski definition) is 5. The van der Waals surface area contributed by atoms with Crippen LogP contribution in [0.25, 0.3) is 0 Å². The molecule has 0 atom stereocenters. The molecule has 0 aliphatic heterocycles. The van der Waals surface area contributed by atoms with Gasteiger partial charge in [-0.15, -0.1) is 0 Å². The molecule has 6 nitrogen and oxygen atoms in total. The Bertz CT molecular complexity index is 809. The van der Waals surface area contributed by atoms with Crippen LogP contribution in [-0.4, -0.2) is 13.3 Å². The van der Waals surface area contributed by atoms with Crippen molar-refractivity contribution in [1.29, 1.82) is 0 Å². The van der Waals surface area contributed by atoms with Crippen molar-refractivity contribution in [2.75, 3.05) is 0 Å². The van der Waals surface area contributed by atoms with E-state index in [1.165, 1.54) is 6.07 Å². The minimum absolute atomic E-state index is 0.152. The van der Waals surface area contributed by atoms with Crippen molar-refractivity contribution in [1.82, 2.24) is 0 Å². The molecule has 0 aromatic heterocycles. The third-order valence-electron chi connectivity index (χ3n) is 2.51. The molecule has 0 fully saturated rings. The van der Waals surface area contributed by atoms with Crippen molar-refractivity contribution in [3.63, 3.8) is 0 Å². The molecule has 2 aromatic rings. The van der Waals surface area contributed by atoms with E-state index in [0.29, 0.717) is 9.92 Å². The summed E-state index contributed by atoms with van der Waals surface area (Å²) in [6.45, 7) is 0. The van der Waals surface area contributed by atoms with Gasteiger partial charge in [0, 0.05) is 11.0 Å². The molecule has 2 N–H and O–H groups in total. The fraction of sp³-hybridized carbons (Fsp3) is 0. The SMILES string of the molecule is NS(=O)(=O)c1ccc([N+](=O)[O-])c(Sc2ccccc2Cl)c1. The molecule has 0 unspecified atom stereocenters. The van der Waals surface area contributed by atoms with Gasteiger partial charge in [-0.1, -0.05) is 35.5 Å². The predicted octanol–water partition coefficient (Wildman–Crippen LogP) is 3.05. The Morgan fingerprint density at radius 1 is 1.14 bits per heavy atom. The van der Waals surface area contributed by atoms with Gasteiger partial charge in [-0.3, -0.25) is 10.1 Å². The smallest absolute Gasteiger partial charge is 0.258 e. The molecule has 0 bridgehead atoms. The van der Waals surface area contributed by atoms with Crippen LogP contribution in [0.3, 0.4) is 0 Å². The third kappa shape index (κ3) is 3.73. The Kier molecular flexibility index (Phi) is 4.52. The summed E-state index contributed by atoms with van der Waals surface area (Å²) in [7, 11) is -3.94. The molecule has 0 radical (unpaired) electrons. The van der Waals surface area contributed by atoms with Crippen molar-refractivity contribution in [3.8, 4) is 0 Å². The first kappa shape index (κ1) is 15.8. The molecule has 110 valence electrons. The molecular weight excluding hydrogens is 336 g/mol. The highest BCUT2D eigenvalue weighted by Gasteiger charge is 2.19. The summed E-state index contributed by atoms with van der Waals surface area (Å²) in [5, 5.41) is 16.5. The minimum atomic E-state index is -3.94. The normalized spacial score (nSPS) is 11.3. The van der Waals surface area contributed by atoms with E-state index < -0.39 is 14.9 Å². The molecule has 0 amide bonds. The molecule has 0 aliphatic carbocycles. The number of nitrogens with two attached hydrogens (primary N) is 1. The van der Waals surface area contributed by atoms with Gasteiger partial charge in [0.05, 0.1) is 19.7 Å². The number of primary sulfonamides is 1. The molecule has 2 rings (SSSR count). The van der Waals surface area contributed by atoms with E-state index >= 15 is 0 Å². The Morgan fingerprint density at radius 2 is 1.81 bits per heavy atom. The van der Waals surface area contributed by atoms with E-state index in [9.17, 15) is 18.5 Å². The summed E-state index contributed by atoms with van der Waals surface area (Å²) in [4.78, 5) is 11.0. The molecule has 2 aromatic carbocycles. The summed E-state index contributed by atoms with van der Waals surface area (Å²) >= 11 is 7.01. The van der Waals surface area contributed by atoms with Gasteiger partial charge in [-0.2, -0.15) is 0 Å². The molecule has 0 saturated heterocycles. The van der Waals surface area contributed by atoms with Gasteiger partial charge in [-0.25, -0.2) is 13.6 Å². The lowest BCUT2D eigenvalue weighted by atomic mass is 10.3.